The predicted octanol–water partition coefficient (Wildman–Crippen LogP) is 1.47. The lowest BCUT2D eigenvalue weighted by Crippen LogP contribution is -2.46. The van der Waals surface area contributed by atoms with E-state index in [4.69, 9.17) is 10.2 Å². The second-order valence-corrected chi connectivity index (χ2v) is 4.03. The van der Waals surface area contributed by atoms with Gasteiger partial charge in [0, 0.05) is 12.1 Å². The number of amides is 2. The van der Waals surface area contributed by atoms with Crippen molar-refractivity contribution in [3.63, 3.8) is 0 Å². The average Bonchev–Trinajstić information content (AvgIpc) is 2.90. The largest absolute Gasteiger partial charge is 0.447 e. The monoisotopic (exact) mass is 236 g/mol. The number of hydrogen-bond acceptors (Lipinski definition) is 3. The third-order valence-electron chi connectivity index (χ3n) is 2.67. The molecule has 6 nitrogen and oxygen atoms in total. The molecule has 0 radical (unpaired) electrons. The fourth-order valence-electron chi connectivity index (χ4n) is 1.89. The zero-order valence-electron chi connectivity index (χ0n) is 9.48. The summed E-state index contributed by atoms with van der Waals surface area (Å²) in [5.74, 6) is 0.388. The van der Waals surface area contributed by atoms with Crippen molar-refractivity contribution in [3.8, 4) is 0 Å². The Morgan fingerprint density at radius 3 is 2.88 bits per heavy atom. The number of nitrogens with zero attached hydrogens (tertiary/aromatic N) is 1. The molecule has 1 aliphatic carbocycles. The number of guanidine groups is 1. The molecular formula is C11H16N4O2. The highest BCUT2D eigenvalue weighted by atomic mass is 16.3. The van der Waals surface area contributed by atoms with Crippen LogP contribution in [0.5, 0.6) is 0 Å². The SMILES string of the molecule is NC(=Nc1ccco1)NC(=O)NC1CCCC1. The molecule has 1 fully saturated rings. The first-order valence-electron chi connectivity index (χ1n) is 5.69. The van der Waals surface area contributed by atoms with Crippen LogP contribution in [0.3, 0.4) is 0 Å². The fourth-order valence-corrected chi connectivity index (χ4v) is 1.89. The van der Waals surface area contributed by atoms with Gasteiger partial charge in [-0.05, 0) is 18.9 Å². The minimum absolute atomic E-state index is 0.0236. The van der Waals surface area contributed by atoms with Crippen LogP contribution >= 0.6 is 0 Å². The molecule has 4 N–H and O–H groups in total. The highest BCUT2D eigenvalue weighted by molar-refractivity contribution is 5.96. The number of nitrogens with one attached hydrogen (secondary N) is 2. The Bertz CT molecular complexity index is 394. The van der Waals surface area contributed by atoms with Crippen LogP contribution in [0.15, 0.2) is 27.8 Å². The van der Waals surface area contributed by atoms with E-state index in [1.807, 2.05) is 0 Å². The molecule has 92 valence electrons. The van der Waals surface area contributed by atoms with Crippen LogP contribution in [0.4, 0.5) is 10.7 Å². The topological polar surface area (TPSA) is 92.7 Å². The molecule has 0 aromatic carbocycles. The van der Waals surface area contributed by atoms with E-state index < -0.39 is 0 Å². The van der Waals surface area contributed by atoms with Crippen LogP contribution in [0.25, 0.3) is 0 Å². The summed E-state index contributed by atoms with van der Waals surface area (Å²) < 4.78 is 4.98. The lowest BCUT2D eigenvalue weighted by molar-refractivity contribution is 0.241. The second-order valence-electron chi connectivity index (χ2n) is 4.03. The lowest BCUT2D eigenvalue weighted by Gasteiger charge is -2.12. The molecule has 0 unspecified atom stereocenters. The first kappa shape index (κ1) is 11.5. The predicted molar refractivity (Wildman–Crippen MR) is 63.9 cm³/mol. The molecule has 1 aromatic rings. The molecule has 0 bridgehead atoms. The molecular weight excluding hydrogens is 220 g/mol. The van der Waals surface area contributed by atoms with Gasteiger partial charge in [0.25, 0.3) is 0 Å². The normalized spacial score (nSPS) is 17.1. The van der Waals surface area contributed by atoms with E-state index in [0.717, 1.165) is 12.8 Å². The molecule has 1 aliphatic rings. The molecule has 2 amide bonds. The number of rotatable bonds is 2. The number of carbonyl (C=O) groups is 1. The van der Waals surface area contributed by atoms with E-state index in [2.05, 4.69) is 15.6 Å². The molecule has 1 saturated carbocycles. The summed E-state index contributed by atoms with van der Waals surface area (Å²) in [5, 5.41) is 5.31. The van der Waals surface area contributed by atoms with Crippen molar-refractivity contribution in [2.45, 2.75) is 31.7 Å². The van der Waals surface area contributed by atoms with Crippen LogP contribution in [0, 0.1) is 0 Å². The molecule has 1 heterocycles. The Kier molecular flexibility index (Phi) is 3.64. The van der Waals surface area contributed by atoms with Gasteiger partial charge in [-0.25, -0.2) is 4.79 Å². The van der Waals surface area contributed by atoms with Crippen molar-refractivity contribution >= 4 is 17.9 Å². The van der Waals surface area contributed by atoms with Crippen molar-refractivity contribution < 1.29 is 9.21 Å². The summed E-state index contributed by atoms with van der Waals surface area (Å²) in [7, 11) is 0. The average molecular weight is 236 g/mol. The number of furan rings is 1. The molecule has 0 spiro atoms. The third kappa shape index (κ3) is 3.51. The number of urea groups is 1. The van der Waals surface area contributed by atoms with E-state index >= 15 is 0 Å². The van der Waals surface area contributed by atoms with Crippen molar-refractivity contribution in [2.24, 2.45) is 10.7 Å². The molecule has 0 atom stereocenters. The minimum atomic E-state index is -0.315. The van der Waals surface area contributed by atoms with Crippen LogP contribution < -0.4 is 16.4 Å². The van der Waals surface area contributed by atoms with Gasteiger partial charge in [-0.15, -0.1) is 0 Å². The first-order valence-corrected chi connectivity index (χ1v) is 5.69. The van der Waals surface area contributed by atoms with E-state index in [1.165, 1.54) is 19.1 Å². The Morgan fingerprint density at radius 2 is 2.24 bits per heavy atom. The van der Waals surface area contributed by atoms with Crippen LogP contribution in [0.2, 0.25) is 0 Å². The highest BCUT2D eigenvalue weighted by Crippen LogP contribution is 2.17. The number of hydrogen-bond donors (Lipinski definition) is 3. The first-order chi connectivity index (χ1) is 8.24. The zero-order valence-corrected chi connectivity index (χ0v) is 9.48. The Labute approximate surface area is 99.3 Å². The van der Waals surface area contributed by atoms with E-state index in [0.29, 0.717) is 5.88 Å². The number of carbonyl (C=O) groups excluding carboxylic acids is 1. The summed E-state index contributed by atoms with van der Waals surface area (Å²) >= 11 is 0. The maximum absolute atomic E-state index is 11.5. The van der Waals surface area contributed by atoms with Crippen LogP contribution in [0.1, 0.15) is 25.7 Å². The minimum Gasteiger partial charge on any atom is -0.447 e. The lowest BCUT2D eigenvalue weighted by atomic mass is 10.3. The van der Waals surface area contributed by atoms with Gasteiger partial charge >= 0.3 is 6.03 Å². The molecule has 0 saturated heterocycles. The Hall–Kier alpha value is -1.98. The fraction of sp³-hybridized carbons (Fsp3) is 0.455. The van der Waals surface area contributed by atoms with Crippen LogP contribution in [-0.4, -0.2) is 18.0 Å². The van der Waals surface area contributed by atoms with Crippen molar-refractivity contribution in [2.75, 3.05) is 0 Å². The maximum atomic E-state index is 11.5. The second kappa shape index (κ2) is 5.38. The number of nitrogens with two attached hydrogens (primary N) is 1. The van der Waals surface area contributed by atoms with Gasteiger partial charge < -0.3 is 15.5 Å². The van der Waals surface area contributed by atoms with Crippen molar-refractivity contribution in [3.05, 3.63) is 18.4 Å². The molecule has 17 heavy (non-hydrogen) atoms. The van der Waals surface area contributed by atoms with Gasteiger partial charge in [-0.3, -0.25) is 5.32 Å². The maximum Gasteiger partial charge on any atom is 0.321 e. The quantitative estimate of drug-likeness (QED) is 0.536. The Morgan fingerprint density at radius 1 is 1.47 bits per heavy atom. The van der Waals surface area contributed by atoms with Crippen molar-refractivity contribution in [1.29, 1.82) is 0 Å². The molecule has 6 heteroatoms. The van der Waals surface area contributed by atoms with Gasteiger partial charge in [0.2, 0.25) is 11.8 Å². The van der Waals surface area contributed by atoms with Gasteiger partial charge in [0.05, 0.1) is 6.26 Å². The summed E-state index contributed by atoms with van der Waals surface area (Å²) in [5.41, 5.74) is 5.56. The zero-order chi connectivity index (χ0) is 12.1. The van der Waals surface area contributed by atoms with Gasteiger partial charge in [0.1, 0.15) is 0 Å². The van der Waals surface area contributed by atoms with E-state index in [-0.39, 0.29) is 18.0 Å². The van der Waals surface area contributed by atoms with Gasteiger partial charge in [0.15, 0.2) is 0 Å². The summed E-state index contributed by atoms with van der Waals surface area (Å²) in [6, 6.07) is 3.30. The van der Waals surface area contributed by atoms with Crippen LogP contribution in [-0.2, 0) is 0 Å². The standard InChI is InChI=1S/C11H16N4O2/c12-10(14-9-6-3-7-17-9)15-11(16)13-8-4-1-2-5-8/h3,6-8H,1-2,4-5H2,(H4,12,13,14,15,16). The van der Waals surface area contributed by atoms with E-state index in [1.54, 1.807) is 12.1 Å². The summed E-state index contributed by atoms with van der Waals surface area (Å²) in [6.45, 7) is 0. The summed E-state index contributed by atoms with van der Waals surface area (Å²) in [6.07, 6.45) is 5.89. The molecule has 1 aromatic heterocycles. The molecule has 2 rings (SSSR count). The highest BCUT2D eigenvalue weighted by Gasteiger charge is 2.17. The summed E-state index contributed by atoms with van der Waals surface area (Å²) in [4.78, 5) is 15.4. The third-order valence-corrected chi connectivity index (χ3v) is 2.67. The van der Waals surface area contributed by atoms with Gasteiger partial charge in [-0.2, -0.15) is 4.99 Å². The Balaban J connectivity index is 1.81. The van der Waals surface area contributed by atoms with E-state index in [9.17, 15) is 4.79 Å². The van der Waals surface area contributed by atoms with Gasteiger partial charge in [-0.1, -0.05) is 12.8 Å². The molecule has 0 aliphatic heterocycles. The smallest absolute Gasteiger partial charge is 0.321 e. The number of aliphatic imine (C=N–C) groups is 1. The van der Waals surface area contributed by atoms with Crippen molar-refractivity contribution in [1.82, 2.24) is 10.6 Å².